The summed E-state index contributed by atoms with van der Waals surface area (Å²) in [5, 5.41) is 6.38. The van der Waals surface area contributed by atoms with E-state index in [-0.39, 0.29) is 27.3 Å². The zero-order chi connectivity index (χ0) is 40.0. The fourth-order valence-corrected chi connectivity index (χ4v) is 6.81. The number of alkyl carbamates (subject to hydrolysis) is 1. The van der Waals surface area contributed by atoms with Crippen molar-refractivity contribution in [3.8, 4) is 17.0 Å². The third-order valence-corrected chi connectivity index (χ3v) is 10.3. The van der Waals surface area contributed by atoms with E-state index in [9.17, 15) is 31.2 Å². The summed E-state index contributed by atoms with van der Waals surface area (Å²) in [7, 11) is -6.05. The number of fused-ring (bicyclic) bond motifs is 1. The summed E-state index contributed by atoms with van der Waals surface area (Å²) in [4.78, 5) is 32.8. The average Bonchev–Trinajstić information content (AvgIpc) is 3.05. The predicted molar refractivity (Wildman–Crippen MR) is 203 cm³/mol. The van der Waals surface area contributed by atoms with E-state index in [0.717, 1.165) is 37.6 Å². The number of halogens is 4. The summed E-state index contributed by atoms with van der Waals surface area (Å²) in [5.74, 6) is -0.127. The molecule has 54 heavy (non-hydrogen) atoms. The van der Waals surface area contributed by atoms with Crippen LogP contribution in [0.3, 0.4) is 0 Å². The lowest BCUT2D eigenvalue weighted by atomic mass is 9.82. The van der Waals surface area contributed by atoms with Gasteiger partial charge in [-0.25, -0.2) is 9.78 Å². The van der Waals surface area contributed by atoms with Gasteiger partial charge in [0, 0.05) is 36.3 Å². The van der Waals surface area contributed by atoms with Crippen molar-refractivity contribution in [1.29, 1.82) is 0 Å². The van der Waals surface area contributed by atoms with E-state index in [0.29, 0.717) is 39.2 Å². The molecule has 0 spiro atoms. The van der Waals surface area contributed by atoms with Crippen LogP contribution in [0.15, 0.2) is 51.7 Å². The van der Waals surface area contributed by atoms with Gasteiger partial charge in [0.15, 0.2) is 5.43 Å². The van der Waals surface area contributed by atoms with E-state index < -0.39 is 45.7 Å². The molecule has 5 rings (SSSR count). The van der Waals surface area contributed by atoms with Crippen LogP contribution in [0.4, 0.5) is 29.5 Å². The first-order chi connectivity index (χ1) is 24.9. The van der Waals surface area contributed by atoms with Crippen molar-refractivity contribution in [3.05, 3.63) is 80.1 Å². The fourth-order valence-electron chi connectivity index (χ4n) is 6.17. The van der Waals surface area contributed by atoms with Crippen LogP contribution in [0.2, 0.25) is 5.15 Å². The molecule has 3 heterocycles. The number of aryl methyl sites for hydroxylation is 1. The molecule has 0 aliphatic carbocycles. The summed E-state index contributed by atoms with van der Waals surface area (Å²) in [6, 6.07) is 10.2. The molecule has 1 amide bonds. The molecule has 1 fully saturated rings. The van der Waals surface area contributed by atoms with E-state index in [1.807, 2.05) is 19.9 Å². The van der Waals surface area contributed by atoms with Crippen LogP contribution >= 0.6 is 11.6 Å². The number of benzene rings is 2. The van der Waals surface area contributed by atoms with Crippen LogP contribution in [0.25, 0.3) is 22.2 Å². The maximum absolute atomic E-state index is 13.8. The Hall–Kier alpha value is -4.50. The number of rotatable bonds is 9. The van der Waals surface area contributed by atoms with Gasteiger partial charge in [-0.05, 0) is 102 Å². The molecular formula is C38H44ClF3N4O7S. The lowest BCUT2D eigenvalue weighted by Gasteiger charge is -2.37. The normalized spacial score (nSPS) is 15.5. The fraction of sp³-hybridized carbons (Fsp3) is 0.447. The summed E-state index contributed by atoms with van der Waals surface area (Å²) in [5.41, 5.74) is -3.13. The van der Waals surface area contributed by atoms with E-state index >= 15 is 0 Å². The summed E-state index contributed by atoms with van der Waals surface area (Å²) in [6.45, 7) is 15.9. The number of piperidine rings is 1. The lowest BCUT2D eigenvalue weighted by molar-refractivity contribution is -0.0500. The molecule has 16 heteroatoms. The third-order valence-electron chi connectivity index (χ3n) is 9.11. The number of hydrogen-bond acceptors (Lipinski definition) is 10. The Labute approximate surface area is 317 Å². The van der Waals surface area contributed by atoms with Crippen LogP contribution in [0, 0.1) is 19.3 Å². The molecule has 2 N–H and O–H groups in total. The first-order valence-electron chi connectivity index (χ1n) is 17.3. The van der Waals surface area contributed by atoms with Crippen molar-refractivity contribution < 1.29 is 39.7 Å². The predicted octanol–water partition coefficient (Wildman–Crippen LogP) is 9.18. The second-order valence-corrected chi connectivity index (χ2v) is 17.2. The third kappa shape index (κ3) is 9.23. The highest BCUT2D eigenvalue weighted by atomic mass is 35.5. The number of amides is 1. The largest absolute Gasteiger partial charge is 0.534 e. The minimum absolute atomic E-state index is 0.0911. The maximum atomic E-state index is 13.8. The minimum atomic E-state index is -6.05. The van der Waals surface area contributed by atoms with Gasteiger partial charge in [0.05, 0.1) is 28.4 Å². The summed E-state index contributed by atoms with van der Waals surface area (Å²) in [6.07, 6.45) is 1.00. The van der Waals surface area contributed by atoms with E-state index in [2.05, 4.69) is 38.5 Å². The van der Waals surface area contributed by atoms with E-state index in [1.165, 1.54) is 12.1 Å². The van der Waals surface area contributed by atoms with Gasteiger partial charge in [0.1, 0.15) is 22.1 Å². The van der Waals surface area contributed by atoms with Crippen LogP contribution in [-0.2, 0) is 21.4 Å². The number of carbonyl (C=O) groups excluding carboxylic acids is 1. The number of nitrogens with zero attached hydrogens (tertiary/aromatic N) is 2. The van der Waals surface area contributed by atoms with Gasteiger partial charge in [-0.1, -0.05) is 31.5 Å². The number of aromatic nitrogens is 1. The number of alkyl halides is 3. The molecule has 1 aliphatic rings. The second kappa shape index (κ2) is 15.0. The number of ether oxygens (including phenoxy) is 1. The Morgan fingerprint density at radius 3 is 2.37 bits per heavy atom. The lowest BCUT2D eigenvalue weighted by Crippen LogP contribution is -2.38. The Kier molecular flexibility index (Phi) is 11.3. The number of anilines is 2. The molecule has 1 aliphatic heterocycles. The number of nitrogens with one attached hydrogen (secondary N) is 2. The summed E-state index contributed by atoms with van der Waals surface area (Å²) < 4.78 is 80.2. The topological polar surface area (TPSA) is 140 Å². The van der Waals surface area contributed by atoms with E-state index in [1.54, 1.807) is 45.9 Å². The van der Waals surface area contributed by atoms with Gasteiger partial charge in [0.2, 0.25) is 5.88 Å². The minimum Gasteiger partial charge on any atom is -0.444 e. The molecule has 4 aromatic rings. The molecule has 11 nitrogen and oxygen atoms in total. The Morgan fingerprint density at radius 2 is 1.74 bits per heavy atom. The zero-order valence-electron chi connectivity index (χ0n) is 31.3. The molecule has 1 atom stereocenters. The van der Waals surface area contributed by atoms with Gasteiger partial charge in [-0.2, -0.15) is 21.6 Å². The number of carbonyl (C=O) groups is 1. The van der Waals surface area contributed by atoms with Crippen molar-refractivity contribution in [2.75, 3.05) is 23.3 Å². The monoisotopic (exact) mass is 792 g/mol. The Balaban J connectivity index is 1.55. The van der Waals surface area contributed by atoms with Crippen molar-refractivity contribution in [3.63, 3.8) is 0 Å². The molecule has 2 aromatic heterocycles. The Bertz CT molecular complexity index is 2240. The zero-order valence-corrected chi connectivity index (χ0v) is 32.9. The quantitative estimate of drug-likeness (QED) is 0.0958. The van der Waals surface area contributed by atoms with Crippen molar-refractivity contribution in [2.24, 2.45) is 5.41 Å². The highest BCUT2D eigenvalue weighted by Crippen LogP contribution is 2.38. The molecule has 292 valence electrons. The first-order valence-corrected chi connectivity index (χ1v) is 19.1. The van der Waals surface area contributed by atoms with Crippen molar-refractivity contribution in [2.45, 2.75) is 91.9 Å². The highest BCUT2D eigenvalue weighted by Gasteiger charge is 2.49. The molecular weight excluding hydrogens is 749 g/mol. The molecule has 0 bridgehead atoms. The van der Waals surface area contributed by atoms with Gasteiger partial charge >= 0.3 is 21.7 Å². The van der Waals surface area contributed by atoms with Gasteiger partial charge in [-0.3, -0.25) is 4.79 Å². The molecule has 2 aromatic carbocycles. The maximum Gasteiger partial charge on any atom is 0.534 e. The Morgan fingerprint density at radius 1 is 1.07 bits per heavy atom. The molecule has 0 radical (unpaired) electrons. The van der Waals surface area contributed by atoms with E-state index in [4.69, 9.17) is 20.8 Å². The standard InChI is InChI=1S/C38H44ClF3N4O7S/c1-21-17-26(33-27(18-21)32(47)22(2)34(51-33)46-15-13-37(7,8)14-16-46)23(3)44-28-10-12-30(39)45-31(28)24-9-11-29(53-54(49,50)38(40,41)42)25(19-24)20-43-35(48)52-36(4,5)6/h9-12,17-19,23,44H,13-16,20H2,1-8H3,(H,43,48). The highest BCUT2D eigenvalue weighted by molar-refractivity contribution is 7.88. The number of pyridine rings is 1. The van der Waals surface area contributed by atoms with Crippen LogP contribution in [0.1, 0.15) is 82.7 Å². The van der Waals surface area contributed by atoms with Crippen LogP contribution in [-0.4, -0.2) is 43.7 Å². The van der Waals surface area contributed by atoms with Crippen molar-refractivity contribution in [1.82, 2.24) is 10.3 Å². The van der Waals surface area contributed by atoms with Gasteiger partial charge < -0.3 is 28.9 Å². The first kappa shape index (κ1) is 40.7. The van der Waals surface area contributed by atoms with Crippen molar-refractivity contribution >= 4 is 50.4 Å². The SMILES string of the molecule is Cc1cc(C(C)Nc2ccc(Cl)nc2-c2ccc(OS(=O)(=O)C(F)(F)F)c(CNC(=O)OC(C)(C)C)c2)c2oc(N3CCC(C)(C)CC3)c(C)c(=O)c2c1. The van der Waals surface area contributed by atoms with Crippen LogP contribution < -0.4 is 25.1 Å². The van der Waals surface area contributed by atoms with Gasteiger partial charge in [-0.15, -0.1) is 0 Å². The molecule has 1 saturated heterocycles. The average molecular weight is 793 g/mol. The number of hydrogen-bond donors (Lipinski definition) is 2. The molecule has 0 saturated carbocycles. The summed E-state index contributed by atoms with van der Waals surface area (Å²) >= 11 is 6.34. The second-order valence-electron chi connectivity index (χ2n) is 15.3. The molecule has 1 unspecified atom stereocenters. The van der Waals surface area contributed by atoms with Crippen LogP contribution in [0.5, 0.6) is 5.75 Å². The smallest absolute Gasteiger partial charge is 0.444 e. The van der Waals surface area contributed by atoms with Gasteiger partial charge in [0.25, 0.3) is 0 Å².